The fraction of sp³-hybridized carbons (Fsp3) is 0.174. The van der Waals surface area contributed by atoms with Crippen molar-refractivity contribution in [3.8, 4) is 0 Å². The predicted molar refractivity (Wildman–Crippen MR) is 103 cm³/mol. The molecule has 1 amide bonds. The number of carbonyl (C=O) groups is 1. The molecule has 0 saturated carbocycles. The molecule has 25 heavy (non-hydrogen) atoms. The number of rotatable bonds is 6. The maximum Gasteiger partial charge on any atom is 0.251 e. The van der Waals surface area contributed by atoms with E-state index in [0.717, 1.165) is 12.0 Å². The third-order valence-electron chi connectivity index (χ3n) is 4.44. The minimum atomic E-state index is -0.0140. The van der Waals surface area contributed by atoms with Crippen LogP contribution in [0, 0.1) is 6.92 Å². The van der Waals surface area contributed by atoms with Crippen LogP contribution in [0.5, 0.6) is 0 Å². The van der Waals surface area contributed by atoms with E-state index < -0.39 is 0 Å². The van der Waals surface area contributed by atoms with E-state index in [1.54, 1.807) is 0 Å². The summed E-state index contributed by atoms with van der Waals surface area (Å²) in [7, 11) is 0. The molecule has 0 heterocycles. The Kier molecular flexibility index (Phi) is 5.63. The summed E-state index contributed by atoms with van der Waals surface area (Å²) < 4.78 is 0. The van der Waals surface area contributed by atoms with E-state index in [9.17, 15) is 4.79 Å². The molecule has 126 valence electrons. The quantitative estimate of drug-likeness (QED) is 0.681. The summed E-state index contributed by atoms with van der Waals surface area (Å²) in [5.41, 5.74) is 4.42. The Morgan fingerprint density at radius 1 is 0.800 bits per heavy atom. The Bertz CT molecular complexity index is 755. The van der Waals surface area contributed by atoms with Gasteiger partial charge in [0.05, 0.1) is 0 Å². The number of nitrogens with one attached hydrogen (secondary N) is 1. The van der Waals surface area contributed by atoms with Crippen LogP contribution in [0.15, 0.2) is 84.9 Å². The van der Waals surface area contributed by atoms with Gasteiger partial charge in [-0.3, -0.25) is 4.79 Å². The number of benzene rings is 3. The average Bonchev–Trinajstić information content (AvgIpc) is 2.67. The normalized spacial score (nSPS) is 10.6. The molecule has 3 rings (SSSR count). The lowest BCUT2D eigenvalue weighted by molar-refractivity contribution is 0.0953. The summed E-state index contributed by atoms with van der Waals surface area (Å²) in [5, 5.41) is 3.05. The Labute approximate surface area is 149 Å². The van der Waals surface area contributed by atoms with Gasteiger partial charge in [-0.1, -0.05) is 78.4 Å². The van der Waals surface area contributed by atoms with Gasteiger partial charge in [0.25, 0.3) is 5.91 Å². The van der Waals surface area contributed by atoms with Crippen LogP contribution < -0.4 is 5.32 Å². The van der Waals surface area contributed by atoms with Crippen LogP contribution in [0.2, 0.25) is 0 Å². The van der Waals surface area contributed by atoms with Gasteiger partial charge in [0.2, 0.25) is 0 Å². The first-order valence-corrected chi connectivity index (χ1v) is 8.69. The van der Waals surface area contributed by atoms with E-state index in [4.69, 9.17) is 0 Å². The molecule has 0 atom stereocenters. The monoisotopic (exact) mass is 329 g/mol. The molecule has 0 aliphatic rings. The van der Waals surface area contributed by atoms with Crippen LogP contribution >= 0.6 is 0 Å². The Morgan fingerprint density at radius 2 is 1.32 bits per heavy atom. The molecule has 0 unspecified atom stereocenters. The molecule has 2 nitrogen and oxygen atoms in total. The Balaban J connectivity index is 1.67. The maximum absolute atomic E-state index is 12.3. The number of hydrogen-bond donors (Lipinski definition) is 1. The highest BCUT2D eigenvalue weighted by atomic mass is 16.1. The molecule has 0 bridgehead atoms. The molecule has 3 aromatic carbocycles. The van der Waals surface area contributed by atoms with E-state index in [-0.39, 0.29) is 11.8 Å². The van der Waals surface area contributed by atoms with E-state index >= 15 is 0 Å². The second-order valence-electron chi connectivity index (χ2n) is 6.28. The summed E-state index contributed by atoms with van der Waals surface area (Å²) in [5.74, 6) is 0.264. The van der Waals surface area contributed by atoms with E-state index in [0.29, 0.717) is 12.1 Å². The lowest BCUT2D eigenvalue weighted by Gasteiger charge is -2.18. The summed E-state index contributed by atoms with van der Waals surface area (Å²) in [6, 6.07) is 28.6. The standard InChI is InChI=1S/C23H23NO/c1-18-12-14-21(15-13-18)23(25)24-17-16-22(19-8-4-2-5-9-19)20-10-6-3-7-11-20/h2-15,22H,16-17H2,1H3,(H,24,25). The summed E-state index contributed by atoms with van der Waals surface area (Å²) >= 11 is 0. The number of aryl methyl sites for hydroxylation is 1. The number of hydrogen-bond acceptors (Lipinski definition) is 1. The zero-order valence-corrected chi connectivity index (χ0v) is 14.5. The van der Waals surface area contributed by atoms with Crippen molar-refractivity contribution in [2.45, 2.75) is 19.3 Å². The highest BCUT2D eigenvalue weighted by Gasteiger charge is 2.14. The Morgan fingerprint density at radius 3 is 1.84 bits per heavy atom. The first-order chi connectivity index (χ1) is 12.2. The fourth-order valence-corrected chi connectivity index (χ4v) is 3.03. The van der Waals surface area contributed by atoms with Crippen LogP contribution in [-0.2, 0) is 0 Å². The highest BCUT2D eigenvalue weighted by Crippen LogP contribution is 2.27. The average molecular weight is 329 g/mol. The van der Waals surface area contributed by atoms with Gasteiger partial charge < -0.3 is 5.32 Å². The third-order valence-corrected chi connectivity index (χ3v) is 4.44. The topological polar surface area (TPSA) is 29.1 Å². The zero-order chi connectivity index (χ0) is 17.5. The summed E-state index contributed by atoms with van der Waals surface area (Å²) in [4.78, 5) is 12.3. The van der Waals surface area contributed by atoms with Crippen molar-refractivity contribution in [3.05, 3.63) is 107 Å². The van der Waals surface area contributed by atoms with Gasteiger partial charge in [-0.2, -0.15) is 0 Å². The molecule has 3 aromatic rings. The van der Waals surface area contributed by atoms with Crippen LogP contribution in [0.25, 0.3) is 0 Å². The van der Waals surface area contributed by atoms with Crippen molar-refractivity contribution >= 4 is 5.91 Å². The van der Waals surface area contributed by atoms with Crippen molar-refractivity contribution in [2.24, 2.45) is 0 Å². The fourth-order valence-electron chi connectivity index (χ4n) is 3.03. The third kappa shape index (κ3) is 4.57. The number of carbonyl (C=O) groups excluding carboxylic acids is 1. The highest BCUT2D eigenvalue weighted by molar-refractivity contribution is 5.94. The molecular weight excluding hydrogens is 306 g/mol. The van der Waals surface area contributed by atoms with Gasteiger partial charge in [0, 0.05) is 18.0 Å². The molecule has 1 N–H and O–H groups in total. The van der Waals surface area contributed by atoms with Crippen LogP contribution in [-0.4, -0.2) is 12.5 Å². The van der Waals surface area contributed by atoms with Crippen molar-refractivity contribution in [3.63, 3.8) is 0 Å². The minimum absolute atomic E-state index is 0.0140. The molecular formula is C23H23NO. The largest absolute Gasteiger partial charge is 0.352 e. The van der Waals surface area contributed by atoms with Gasteiger partial charge in [0.1, 0.15) is 0 Å². The molecule has 0 saturated heterocycles. The summed E-state index contributed by atoms with van der Waals surface area (Å²) in [6.45, 7) is 2.66. The lowest BCUT2D eigenvalue weighted by atomic mass is 9.88. The number of amides is 1. The van der Waals surface area contributed by atoms with Gasteiger partial charge in [0.15, 0.2) is 0 Å². The van der Waals surface area contributed by atoms with E-state index in [2.05, 4.69) is 53.8 Å². The van der Waals surface area contributed by atoms with Gasteiger partial charge in [-0.25, -0.2) is 0 Å². The van der Waals surface area contributed by atoms with Gasteiger partial charge in [-0.05, 0) is 36.6 Å². The molecule has 2 heteroatoms. The van der Waals surface area contributed by atoms with Crippen LogP contribution in [0.1, 0.15) is 39.4 Å². The van der Waals surface area contributed by atoms with E-state index in [1.807, 2.05) is 43.3 Å². The Hall–Kier alpha value is -2.87. The lowest BCUT2D eigenvalue weighted by Crippen LogP contribution is -2.25. The van der Waals surface area contributed by atoms with Crippen molar-refractivity contribution in [1.82, 2.24) is 5.32 Å². The summed E-state index contributed by atoms with van der Waals surface area (Å²) in [6.07, 6.45) is 0.867. The molecule has 0 fully saturated rings. The smallest absolute Gasteiger partial charge is 0.251 e. The van der Waals surface area contributed by atoms with Crippen LogP contribution in [0.3, 0.4) is 0 Å². The second kappa shape index (κ2) is 8.29. The minimum Gasteiger partial charge on any atom is -0.352 e. The zero-order valence-electron chi connectivity index (χ0n) is 14.5. The predicted octanol–water partition coefficient (Wildman–Crippen LogP) is 4.95. The van der Waals surface area contributed by atoms with Crippen molar-refractivity contribution in [1.29, 1.82) is 0 Å². The molecule has 0 aromatic heterocycles. The SMILES string of the molecule is Cc1ccc(C(=O)NCCC(c2ccccc2)c2ccccc2)cc1. The molecule has 0 aliphatic heterocycles. The van der Waals surface area contributed by atoms with Gasteiger partial charge in [-0.15, -0.1) is 0 Å². The molecule has 0 aliphatic carbocycles. The van der Waals surface area contributed by atoms with Crippen LogP contribution in [0.4, 0.5) is 0 Å². The first kappa shape index (κ1) is 17.0. The molecule has 0 radical (unpaired) electrons. The van der Waals surface area contributed by atoms with Crippen molar-refractivity contribution in [2.75, 3.05) is 6.54 Å². The van der Waals surface area contributed by atoms with Crippen molar-refractivity contribution < 1.29 is 4.79 Å². The van der Waals surface area contributed by atoms with E-state index in [1.165, 1.54) is 11.1 Å². The van der Waals surface area contributed by atoms with Gasteiger partial charge >= 0.3 is 0 Å². The first-order valence-electron chi connectivity index (χ1n) is 8.69. The maximum atomic E-state index is 12.3. The second-order valence-corrected chi connectivity index (χ2v) is 6.28. The molecule has 0 spiro atoms.